The van der Waals surface area contributed by atoms with Crippen molar-refractivity contribution in [3.63, 3.8) is 0 Å². The number of amides is 1. The maximum atomic E-state index is 13.2. The standard InChI is InChI=1S/C20H20FN5O/c21-15-3-1-14(2-4-15)17-10-19(26-18(24-17)7-8-23-26)22-11-13-9-20(27)25(12-13)16-5-6-16/h1-4,7-8,10,13,16,22H,5-6,9,11-12H2/t13-/m1/s1. The first-order valence-electron chi connectivity index (χ1n) is 9.31. The molecule has 2 fully saturated rings. The second-order valence-corrected chi connectivity index (χ2v) is 7.36. The zero-order valence-corrected chi connectivity index (χ0v) is 14.8. The fourth-order valence-electron chi connectivity index (χ4n) is 3.74. The molecule has 138 valence electrons. The number of aromatic nitrogens is 3. The molecule has 5 rings (SSSR count). The lowest BCUT2D eigenvalue weighted by Gasteiger charge is -2.16. The van der Waals surface area contributed by atoms with Gasteiger partial charge in [-0.1, -0.05) is 0 Å². The summed E-state index contributed by atoms with van der Waals surface area (Å²) in [6, 6.07) is 10.5. The van der Waals surface area contributed by atoms with E-state index in [-0.39, 0.29) is 11.7 Å². The van der Waals surface area contributed by atoms with Crippen LogP contribution in [0.25, 0.3) is 16.9 Å². The molecule has 1 aliphatic heterocycles. The lowest BCUT2D eigenvalue weighted by atomic mass is 10.1. The zero-order valence-electron chi connectivity index (χ0n) is 14.8. The van der Waals surface area contributed by atoms with Crippen LogP contribution in [-0.2, 0) is 4.79 Å². The van der Waals surface area contributed by atoms with E-state index < -0.39 is 0 Å². The molecule has 3 heterocycles. The normalized spacial score (nSPS) is 19.8. The van der Waals surface area contributed by atoms with E-state index in [9.17, 15) is 9.18 Å². The van der Waals surface area contributed by atoms with E-state index in [4.69, 9.17) is 0 Å². The van der Waals surface area contributed by atoms with Crippen LogP contribution in [0.2, 0.25) is 0 Å². The van der Waals surface area contributed by atoms with Gasteiger partial charge in [0.25, 0.3) is 0 Å². The van der Waals surface area contributed by atoms with E-state index in [1.165, 1.54) is 12.1 Å². The number of halogens is 1. The lowest BCUT2D eigenvalue weighted by molar-refractivity contribution is -0.128. The summed E-state index contributed by atoms with van der Waals surface area (Å²) in [5, 5.41) is 7.78. The molecule has 1 amide bonds. The second-order valence-electron chi connectivity index (χ2n) is 7.36. The molecule has 1 atom stereocenters. The molecule has 0 spiro atoms. The fraction of sp³-hybridized carbons (Fsp3) is 0.350. The van der Waals surface area contributed by atoms with Crippen molar-refractivity contribution in [2.45, 2.75) is 25.3 Å². The lowest BCUT2D eigenvalue weighted by Crippen LogP contribution is -2.28. The number of nitrogens with one attached hydrogen (secondary N) is 1. The highest BCUT2D eigenvalue weighted by molar-refractivity contribution is 5.79. The molecule has 0 bridgehead atoms. The summed E-state index contributed by atoms with van der Waals surface area (Å²) in [5.41, 5.74) is 2.33. The number of anilines is 1. The Bertz CT molecular complexity index is 995. The molecule has 6 nitrogen and oxygen atoms in total. The summed E-state index contributed by atoms with van der Waals surface area (Å²) in [4.78, 5) is 18.8. The average Bonchev–Trinajstić information content (AvgIpc) is 3.27. The Balaban J connectivity index is 1.38. The van der Waals surface area contributed by atoms with E-state index in [0.717, 1.165) is 42.1 Å². The molecule has 2 aliphatic rings. The number of carbonyl (C=O) groups is 1. The number of fused-ring (bicyclic) bond motifs is 1. The van der Waals surface area contributed by atoms with Crippen LogP contribution in [0.4, 0.5) is 10.2 Å². The largest absolute Gasteiger partial charge is 0.370 e. The van der Waals surface area contributed by atoms with Crippen molar-refractivity contribution in [1.82, 2.24) is 19.5 Å². The highest BCUT2D eigenvalue weighted by Crippen LogP contribution is 2.32. The second kappa shape index (κ2) is 6.33. The SMILES string of the molecule is O=C1C[C@H](CNc2cc(-c3ccc(F)cc3)nc3ccnn23)CN1C1CC1. The molecule has 3 aromatic rings. The number of carbonyl (C=O) groups excluding carboxylic acids is 1. The van der Waals surface area contributed by atoms with E-state index in [1.807, 2.05) is 17.0 Å². The molecule has 2 aromatic heterocycles. The molecule has 7 heteroatoms. The van der Waals surface area contributed by atoms with Crippen LogP contribution in [0.1, 0.15) is 19.3 Å². The third kappa shape index (κ3) is 3.13. The summed E-state index contributed by atoms with van der Waals surface area (Å²) in [6.45, 7) is 1.53. The maximum Gasteiger partial charge on any atom is 0.223 e. The molecule has 0 radical (unpaired) electrons. The fourth-order valence-corrected chi connectivity index (χ4v) is 3.74. The predicted molar refractivity (Wildman–Crippen MR) is 99.7 cm³/mol. The molecular weight excluding hydrogens is 345 g/mol. The van der Waals surface area contributed by atoms with Crippen molar-refractivity contribution >= 4 is 17.4 Å². The summed E-state index contributed by atoms with van der Waals surface area (Å²) >= 11 is 0. The van der Waals surface area contributed by atoms with Crippen LogP contribution < -0.4 is 5.32 Å². The third-order valence-corrected chi connectivity index (χ3v) is 5.30. The van der Waals surface area contributed by atoms with Gasteiger partial charge < -0.3 is 10.2 Å². The van der Waals surface area contributed by atoms with Gasteiger partial charge in [-0.25, -0.2) is 9.37 Å². The van der Waals surface area contributed by atoms with Crippen molar-refractivity contribution in [2.75, 3.05) is 18.4 Å². The highest BCUT2D eigenvalue weighted by atomic mass is 19.1. The number of likely N-dealkylation sites (tertiary alicyclic amines) is 1. The van der Waals surface area contributed by atoms with Gasteiger partial charge in [-0.3, -0.25) is 4.79 Å². The average molecular weight is 365 g/mol. The maximum absolute atomic E-state index is 13.2. The van der Waals surface area contributed by atoms with Crippen LogP contribution in [0.5, 0.6) is 0 Å². The van der Waals surface area contributed by atoms with E-state index in [1.54, 1.807) is 22.8 Å². The Hall–Kier alpha value is -2.96. The molecule has 1 aromatic carbocycles. The summed E-state index contributed by atoms with van der Waals surface area (Å²) in [6.07, 6.45) is 4.59. The Kier molecular flexibility index (Phi) is 3.81. The van der Waals surface area contributed by atoms with Gasteiger partial charge in [-0.05, 0) is 37.1 Å². The van der Waals surface area contributed by atoms with Crippen molar-refractivity contribution in [3.05, 3.63) is 48.4 Å². The monoisotopic (exact) mass is 365 g/mol. The van der Waals surface area contributed by atoms with Gasteiger partial charge in [0, 0.05) is 49.2 Å². The number of nitrogens with zero attached hydrogens (tertiary/aromatic N) is 4. The molecule has 1 aliphatic carbocycles. The van der Waals surface area contributed by atoms with E-state index in [2.05, 4.69) is 15.4 Å². The van der Waals surface area contributed by atoms with Crippen molar-refractivity contribution in [3.8, 4) is 11.3 Å². The number of hydrogen-bond donors (Lipinski definition) is 1. The predicted octanol–water partition coefficient (Wildman–Crippen LogP) is 2.96. The van der Waals surface area contributed by atoms with Crippen molar-refractivity contribution < 1.29 is 9.18 Å². The minimum atomic E-state index is -0.270. The third-order valence-electron chi connectivity index (χ3n) is 5.30. The van der Waals surface area contributed by atoms with Crippen LogP contribution in [0.3, 0.4) is 0 Å². The number of hydrogen-bond acceptors (Lipinski definition) is 4. The Morgan fingerprint density at radius 3 is 2.78 bits per heavy atom. The summed E-state index contributed by atoms with van der Waals surface area (Å²) in [5.74, 6) is 1.12. The van der Waals surface area contributed by atoms with Crippen LogP contribution >= 0.6 is 0 Å². The topological polar surface area (TPSA) is 62.5 Å². The van der Waals surface area contributed by atoms with Crippen molar-refractivity contribution in [1.29, 1.82) is 0 Å². The highest BCUT2D eigenvalue weighted by Gasteiger charge is 2.39. The van der Waals surface area contributed by atoms with E-state index in [0.29, 0.717) is 24.9 Å². The Morgan fingerprint density at radius 2 is 2.00 bits per heavy atom. The van der Waals surface area contributed by atoms with Crippen LogP contribution in [0, 0.1) is 11.7 Å². The minimum Gasteiger partial charge on any atom is -0.370 e. The number of benzene rings is 1. The first kappa shape index (κ1) is 16.2. The van der Waals surface area contributed by atoms with Gasteiger partial charge in [0.2, 0.25) is 5.91 Å². The molecule has 0 unspecified atom stereocenters. The van der Waals surface area contributed by atoms with Gasteiger partial charge >= 0.3 is 0 Å². The Morgan fingerprint density at radius 1 is 1.19 bits per heavy atom. The molecular formula is C20H20FN5O. The summed E-state index contributed by atoms with van der Waals surface area (Å²) < 4.78 is 15.0. The summed E-state index contributed by atoms with van der Waals surface area (Å²) in [7, 11) is 0. The first-order valence-corrected chi connectivity index (χ1v) is 9.31. The quantitative estimate of drug-likeness (QED) is 0.755. The zero-order chi connectivity index (χ0) is 18.4. The van der Waals surface area contributed by atoms with Crippen LogP contribution in [-0.4, -0.2) is 44.5 Å². The van der Waals surface area contributed by atoms with Crippen LogP contribution in [0.15, 0.2) is 42.6 Å². The van der Waals surface area contributed by atoms with Gasteiger partial charge in [-0.15, -0.1) is 0 Å². The van der Waals surface area contributed by atoms with Gasteiger partial charge in [0.1, 0.15) is 11.6 Å². The Labute approximate surface area is 156 Å². The van der Waals surface area contributed by atoms with Gasteiger partial charge in [0.15, 0.2) is 5.65 Å². The van der Waals surface area contributed by atoms with E-state index >= 15 is 0 Å². The minimum absolute atomic E-state index is 0.270. The smallest absolute Gasteiger partial charge is 0.223 e. The molecule has 1 saturated heterocycles. The van der Waals surface area contributed by atoms with Gasteiger partial charge in [0.05, 0.1) is 11.9 Å². The van der Waals surface area contributed by atoms with Crippen molar-refractivity contribution in [2.24, 2.45) is 5.92 Å². The van der Waals surface area contributed by atoms with Gasteiger partial charge in [-0.2, -0.15) is 9.61 Å². The first-order chi connectivity index (χ1) is 13.2. The molecule has 1 saturated carbocycles. The number of rotatable bonds is 5. The molecule has 27 heavy (non-hydrogen) atoms. The molecule has 1 N–H and O–H groups in total.